The lowest BCUT2D eigenvalue weighted by molar-refractivity contribution is -0.348. The number of nitrogens with zero attached hydrogens (tertiary/aromatic N) is 1. The van der Waals surface area contributed by atoms with Crippen molar-refractivity contribution in [3.05, 3.63) is 65.5 Å². The van der Waals surface area contributed by atoms with Gasteiger partial charge in [-0.1, -0.05) is 31.2 Å². The largest absolute Gasteiger partial charge is 0.481 e. The second-order valence-electron chi connectivity index (χ2n) is 11.4. The molecule has 1 saturated heterocycles. The van der Waals surface area contributed by atoms with Gasteiger partial charge in [0.15, 0.2) is 9.84 Å². The van der Waals surface area contributed by atoms with Gasteiger partial charge in [-0.15, -0.1) is 0 Å². The maximum atomic E-state index is 14.7. The molecule has 15 heteroatoms. The van der Waals surface area contributed by atoms with Gasteiger partial charge in [-0.25, -0.2) is 17.2 Å². The number of amides is 1. The van der Waals surface area contributed by atoms with Gasteiger partial charge in [0, 0.05) is 24.6 Å². The summed E-state index contributed by atoms with van der Waals surface area (Å²) in [5.74, 6) is -2.85. The minimum atomic E-state index is -6.38. The lowest BCUT2D eigenvalue weighted by atomic mass is 9.68. The van der Waals surface area contributed by atoms with Crippen LogP contribution >= 0.6 is 0 Å². The molecule has 2 aromatic carbocycles. The number of carboxylic acid groups (broad SMARTS) is 1. The van der Waals surface area contributed by atoms with Gasteiger partial charge < -0.3 is 10.0 Å². The zero-order valence-corrected chi connectivity index (χ0v) is 24.1. The first-order valence-corrected chi connectivity index (χ1v) is 15.2. The van der Waals surface area contributed by atoms with Crippen LogP contribution in [-0.4, -0.2) is 55.7 Å². The Balaban J connectivity index is 1.73. The number of carbonyl (C=O) groups excluding carboxylic acids is 1. The zero-order chi connectivity index (χ0) is 32.9. The average molecular weight is 656 g/mol. The molecule has 6 nitrogen and oxygen atoms in total. The molecule has 0 spiro atoms. The fraction of sp³-hybridized carbons (Fsp3) is 0.517. The number of halogens is 8. The Labute approximate surface area is 248 Å². The van der Waals surface area contributed by atoms with E-state index in [9.17, 15) is 58.2 Å². The Morgan fingerprint density at radius 2 is 1.41 bits per heavy atom. The highest BCUT2D eigenvalue weighted by molar-refractivity contribution is 7.92. The number of sulfone groups is 1. The van der Waals surface area contributed by atoms with Crippen molar-refractivity contribution < 1.29 is 58.2 Å². The molecule has 1 saturated carbocycles. The molecule has 242 valence electrons. The maximum Gasteiger partial charge on any atom is 0.435 e. The van der Waals surface area contributed by atoms with E-state index >= 15 is 0 Å². The topological polar surface area (TPSA) is 91.8 Å². The number of rotatable bonds is 7. The summed E-state index contributed by atoms with van der Waals surface area (Å²) in [4.78, 5) is 26.2. The van der Waals surface area contributed by atoms with Gasteiger partial charge in [0.1, 0.15) is 10.6 Å². The summed E-state index contributed by atoms with van der Waals surface area (Å²) in [6.07, 6.45) is -11.9. The van der Waals surface area contributed by atoms with Crippen LogP contribution < -0.4 is 0 Å². The number of hydrogen-bond acceptors (Lipinski definition) is 4. The molecule has 1 aliphatic carbocycles. The number of likely N-dealkylation sites (tertiary alicyclic amines) is 1. The fourth-order valence-corrected chi connectivity index (χ4v) is 8.38. The van der Waals surface area contributed by atoms with Crippen molar-refractivity contribution in [2.45, 2.75) is 73.1 Å². The van der Waals surface area contributed by atoms with Crippen molar-refractivity contribution in [3.8, 4) is 0 Å². The Hall–Kier alpha value is -3.23. The van der Waals surface area contributed by atoms with Crippen molar-refractivity contribution in [2.24, 2.45) is 11.3 Å². The van der Waals surface area contributed by atoms with Gasteiger partial charge in [-0.2, -0.15) is 26.3 Å². The van der Waals surface area contributed by atoms with E-state index < -0.39 is 78.6 Å². The average Bonchev–Trinajstić information content (AvgIpc) is 3.43. The Morgan fingerprint density at radius 3 is 1.86 bits per heavy atom. The molecule has 1 N–H and O–H groups in total. The van der Waals surface area contributed by atoms with Gasteiger partial charge >= 0.3 is 24.0 Å². The molecule has 2 aliphatic rings. The van der Waals surface area contributed by atoms with Crippen LogP contribution in [0.1, 0.15) is 56.6 Å². The van der Waals surface area contributed by atoms with Crippen molar-refractivity contribution in [3.63, 3.8) is 0 Å². The Bertz CT molecular complexity index is 1480. The number of aliphatic carboxylic acids is 1. The minimum absolute atomic E-state index is 0.159. The molecule has 1 heterocycles. The van der Waals surface area contributed by atoms with Crippen LogP contribution in [0.5, 0.6) is 0 Å². The van der Waals surface area contributed by atoms with Crippen molar-refractivity contribution in [1.29, 1.82) is 0 Å². The van der Waals surface area contributed by atoms with Crippen molar-refractivity contribution in [2.75, 3.05) is 13.1 Å². The molecule has 2 aromatic rings. The smallest absolute Gasteiger partial charge is 0.435 e. The first-order valence-electron chi connectivity index (χ1n) is 13.7. The second-order valence-corrected chi connectivity index (χ2v) is 13.7. The normalized spacial score (nSPS) is 25.2. The maximum absolute atomic E-state index is 14.7. The van der Waals surface area contributed by atoms with Crippen LogP contribution in [0.4, 0.5) is 35.1 Å². The van der Waals surface area contributed by atoms with E-state index in [2.05, 4.69) is 0 Å². The highest BCUT2D eigenvalue weighted by Gasteiger charge is 2.73. The van der Waals surface area contributed by atoms with Crippen molar-refractivity contribution >= 4 is 21.7 Å². The molecule has 4 rings (SSSR count). The summed E-state index contributed by atoms with van der Waals surface area (Å²) in [6, 6.07) is 5.38. The number of carbonyl (C=O) groups is 2. The monoisotopic (exact) mass is 655 g/mol. The highest BCUT2D eigenvalue weighted by Crippen LogP contribution is 2.54. The first kappa shape index (κ1) is 33.7. The third-order valence-corrected chi connectivity index (χ3v) is 11.7. The van der Waals surface area contributed by atoms with Crippen LogP contribution in [0, 0.1) is 17.2 Å². The molecule has 0 aromatic heterocycles. The highest BCUT2D eigenvalue weighted by atomic mass is 32.2. The molecule has 0 radical (unpaired) electrons. The number of carboxylic acids is 1. The second kappa shape index (κ2) is 11.3. The summed E-state index contributed by atoms with van der Waals surface area (Å²) in [5, 5.41) is 9.66. The predicted octanol–water partition coefficient (Wildman–Crippen LogP) is 6.69. The van der Waals surface area contributed by atoms with Gasteiger partial charge in [-0.3, -0.25) is 9.59 Å². The summed E-state index contributed by atoms with van der Waals surface area (Å²) in [6.45, 7) is 1.03. The molecule has 0 bridgehead atoms. The van der Waals surface area contributed by atoms with E-state index in [4.69, 9.17) is 0 Å². The molecule has 0 unspecified atom stereocenters. The number of hydrogen-bond donors (Lipinski definition) is 1. The van der Waals surface area contributed by atoms with Crippen molar-refractivity contribution in [1.82, 2.24) is 4.90 Å². The minimum Gasteiger partial charge on any atom is -0.481 e. The van der Waals surface area contributed by atoms with Gasteiger partial charge in [0.2, 0.25) is 5.91 Å². The van der Waals surface area contributed by atoms with Crippen LogP contribution in [0.3, 0.4) is 0 Å². The Morgan fingerprint density at radius 1 is 0.886 bits per heavy atom. The van der Waals surface area contributed by atoms with Gasteiger partial charge in [-0.05, 0) is 68.4 Å². The molecular weight excluding hydrogens is 626 g/mol. The van der Waals surface area contributed by atoms with E-state index in [-0.39, 0.29) is 56.3 Å². The van der Waals surface area contributed by atoms with E-state index in [0.717, 1.165) is 24.3 Å². The Kier molecular flexibility index (Phi) is 8.64. The molecule has 2 fully saturated rings. The third kappa shape index (κ3) is 5.34. The summed E-state index contributed by atoms with van der Waals surface area (Å²) < 4.78 is 134. The van der Waals surface area contributed by atoms with E-state index in [1.165, 1.54) is 4.90 Å². The summed E-state index contributed by atoms with van der Waals surface area (Å²) >= 11 is 0. The van der Waals surface area contributed by atoms with Gasteiger partial charge in [0.25, 0.3) is 0 Å². The van der Waals surface area contributed by atoms with Crippen LogP contribution in [0.25, 0.3) is 0 Å². The lowest BCUT2D eigenvalue weighted by Gasteiger charge is -2.37. The third-order valence-electron chi connectivity index (χ3n) is 9.19. The molecular formula is C29H29F8NO5S. The summed E-state index contributed by atoms with van der Waals surface area (Å²) in [7, 11) is -4.58. The molecule has 1 amide bonds. The summed E-state index contributed by atoms with van der Waals surface area (Å²) in [5.41, 5.74) is -8.81. The first-order chi connectivity index (χ1) is 20.3. The quantitative estimate of drug-likeness (QED) is 0.265. The van der Waals surface area contributed by atoms with E-state index in [1.807, 2.05) is 0 Å². The van der Waals surface area contributed by atoms with Crippen LogP contribution in [0.15, 0.2) is 53.4 Å². The number of alkyl halides is 7. The lowest BCUT2D eigenvalue weighted by Crippen LogP contribution is -2.50. The van der Waals surface area contributed by atoms with Gasteiger partial charge in [0.05, 0.1) is 10.3 Å². The van der Waals surface area contributed by atoms with E-state index in [1.54, 1.807) is 6.92 Å². The number of benzene rings is 2. The fourth-order valence-electron chi connectivity index (χ4n) is 6.31. The SMILES string of the molecule is CC[C@]1(C(=O)O)CC[C@H](C(=O)N2CC[C@](c3ccc(C(F)(C(F)(F)F)C(F)(F)F)cc3)(S(=O)(=O)c3ccc(F)cc3)C2)CC1. The zero-order valence-electron chi connectivity index (χ0n) is 23.3. The molecule has 44 heavy (non-hydrogen) atoms. The van der Waals surface area contributed by atoms with Crippen LogP contribution in [0.2, 0.25) is 0 Å². The predicted molar refractivity (Wildman–Crippen MR) is 140 cm³/mol. The van der Waals surface area contributed by atoms with Crippen LogP contribution in [-0.2, 0) is 29.8 Å². The molecule has 1 aliphatic heterocycles. The standard InChI is InChI=1S/C29H29F8NO5S/c1-2-25(24(40)41)13-11-18(12-14-25)23(39)38-16-15-26(17-38,44(42,43)22-9-7-21(30)8-10-22)19-3-5-20(6-4-19)27(31,28(32,33)34)29(35,36)37/h3-10,18H,2,11-17H2,1H3,(H,40,41)/t18-,25-,26-/m0/s1. The van der Waals surface area contributed by atoms with E-state index in [0.29, 0.717) is 18.6 Å². The molecule has 1 atom stereocenters.